The monoisotopic (exact) mass is 369 g/mol. The highest BCUT2D eigenvalue weighted by Crippen LogP contribution is 2.30. The van der Waals surface area contributed by atoms with Crippen molar-refractivity contribution in [3.8, 4) is 11.5 Å². The van der Waals surface area contributed by atoms with Crippen molar-refractivity contribution in [2.75, 3.05) is 31.7 Å². The van der Waals surface area contributed by atoms with Crippen LogP contribution in [0.3, 0.4) is 0 Å². The van der Waals surface area contributed by atoms with Crippen LogP contribution in [0, 0.1) is 0 Å². The van der Waals surface area contributed by atoms with Crippen LogP contribution in [0.5, 0.6) is 11.5 Å². The molecule has 1 heterocycles. The van der Waals surface area contributed by atoms with Crippen LogP contribution >= 0.6 is 0 Å². The molecule has 1 N–H and O–H groups in total. The second kappa shape index (κ2) is 9.14. The average Bonchev–Trinajstić information content (AvgIpc) is 3.17. The smallest absolute Gasteiger partial charge is 0.123 e. The molecule has 0 amide bonds. The van der Waals surface area contributed by atoms with Gasteiger partial charge in [0.1, 0.15) is 24.7 Å². The molecule has 0 bridgehead atoms. The van der Waals surface area contributed by atoms with Crippen molar-refractivity contribution in [3.63, 3.8) is 0 Å². The summed E-state index contributed by atoms with van der Waals surface area (Å²) in [5.41, 5.74) is 2.33. The molecule has 0 aromatic heterocycles. The predicted molar refractivity (Wildman–Crippen MR) is 110 cm³/mol. The lowest BCUT2D eigenvalue weighted by Gasteiger charge is -2.22. The third kappa shape index (κ3) is 5.90. The number of hydrogen-bond donors (Lipinski definition) is 1. The molecule has 0 saturated carbocycles. The van der Waals surface area contributed by atoms with Crippen LogP contribution in [0.25, 0.3) is 0 Å². The highest BCUT2D eigenvalue weighted by Gasteiger charge is 2.18. The van der Waals surface area contributed by atoms with E-state index in [2.05, 4.69) is 38.2 Å². The number of hydrogen-bond acceptors (Lipinski definition) is 4. The summed E-state index contributed by atoms with van der Waals surface area (Å²) in [5.74, 6) is 1.83. The van der Waals surface area contributed by atoms with Crippen molar-refractivity contribution in [1.82, 2.24) is 0 Å². The number of anilines is 1. The molecule has 2 aromatic carbocycles. The van der Waals surface area contributed by atoms with Crippen LogP contribution in [0.4, 0.5) is 5.69 Å². The van der Waals surface area contributed by atoms with E-state index in [-0.39, 0.29) is 11.5 Å². The molecule has 0 radical (unpaired) electrons. The number of nitrogens with one attached hydrogen (secondary N) is 1. The van der Waals surface area contributed by atoms with Crippen LogP contribution in [-0.4, -0.2) is 32.5 Å². The minimum atomic E-state index is 0.0682. The van der Waals surface area contributed by atoms with Gasteiger partial charge in [-0.3, -0.25) is 0 Å². The van der Waals surface area contributed by atoms with E-state index in [1.54, 1.807) is 0 Å². The molecule has 1 atom stereocenters. The van der Waals surface area contributed by atoms with E-state index < -0.39 is 0 Å². The van der Waals surface area contributed by atoms with Crippen molar-refractivity contribution in [3.05, 3.63) is 54.1 Å². The summed E-state index contributed by atoms with van der Waals surface area (Å²) in [4.78, 5) is 0. The summed E-state index contributed by atoms with van der Waals surface area (Å²) in [6.45, 7) is 9.42. The van der Waals surface area contributed by atoms with Gasteiger partial charge < -0.3 is 19.5 Å². The Morgan fingerprint density at radius 2 is 1.93 bits per heavy atom. The van der Waals surface area contributed by atoms with E-state index in [0.29, 0.717) is 13.2 Å². The number of para-hydroxylation sites is 1. The average molecular weight is 370 g/mol. The fourth-order valence-electron chi connectivity index (χ4n) is 3.23. The van der Waals surface area contributed by atoms with Gasteiger partial charge in [-0.05, 0) is 42.0 Å². The van der Waals surface area contributed by atoms with Gasteiger partial charge in [-0.25, -0.2) is 0 Å². The first-order valence-electron chi connectivity index (χ1n) is 9.83. The summed E-state index contributed by atoms with van der Waals surface area (Å²) < 4.78 is 17.5. The van der Waals surface area contributed by atoms with Gasteiger partial charge in [-0.15, -0.1) is 0 Å². The molecular weight excluding hydrogens is 338 g/mol. The van der Waals surface area contributed by atoms with Crippen LogP contribution in [0.15, 0.2) is 48.5 Å². The molecule has 27 heavy (non-hydrogen) atoms. The minimum absolute atomic E-state index is 0.0682. The van der Waals surface area contributed by atoms with Gasteiger partial charge in [0.25, 0.3) is 0 Å². The van der Waals surface area contributed by atoms with E-state index in [1.807, 2.05) is 36.4 Å². The molecule has 4 nitrogen and oxygen atoms in total. The molecule has 3 rings (SSSR count). The number of benzene rings is 2. The van der Waals surface area contributed by atoms with Gasteiger partial charge in [0.2, 0.25) is 0 Å². The van der Waals surface area contributed by atoms with Crippen LogP contribution in [-0.2, 0) is 10.2 Å². The number of ether oxygens (including phenoxy) is 3. The van der Waals surface area contributed by atoms with Crippen molar-refractivity contribution < 1.29 is 14.2 Å². The zero-order chi connectivity index (χ0) is 19.1. The highest BCUT2D eigenvalue weighted by molar-refractivity contribution is 5.48. The van der Waals surface area contributed by atoms with Crippen LogP contribution in [0.2, 0.25) is 0 Å². The van der Waals surface area contributed by atoms with Gasteiger partial charge in [0.05, 0.1) is 6.10 Å². The van der Waals surface area contributed by atoms with Crippen molar-refractivity contribution in [2.24, 2.45) is 0 Å². The molecule has 4 heteroatoms. The fourth-order valence-corrected chi connectivity index (χ4v) is 3.23. The Hall–Kier alpha value is -2.20. The molecule has 2 aromatic rings. The molecule has 1 aliphatic heterocycles. The third-order valence-electron chi connectivity index (χ3n) is 4.68. The lowest BCUT2D eigenvalue weighted by atomic mass is 9.86. The maximum atomic E-state index is 6.02. The molecule has 1 aliphatic rings. The summed E-state index contributed by atoms with van der Waals surface area (Å²) in [5, 5.41) is 3.41. The lowest BCUT2D eigenvalue weighted by molar-refractivity contribution is 0.0680. The first-order chi connectivity index (χ1) is 13.0. The first kappa shape index (κ1) is 19.6. The molecule has 0 spiro atoms. The van der Waals surface area contributed by atoms with E-state index >= 15 is 0 Å². The van der Waals surface area contributed by atoms with Crippen molar-refractivity contribution >= 4 is 5.69 Å². The highest BCUT2D eigenvalue weighted by atomic mass is 16.5. The Bertz CT molecular complexity index is 718. The molecule has 1 saturated heterocycles. The van der Waals surface area contributed by atoms with Crippen molar-refractivity contribution in [1.29, 1.82) is 0 Å². The molecule has 0 unspecified atom stereocenters. The molecular formula is C23H31NO3. The zero-order valence-electron chi connectivity index (χ0n) is 16.7. The first-order valence-corrected chi connectivity index (χ1v) is 9.83. The Labute approximate surface area is 162 Å². The van der Waals surface area contributed by atoms with Crippen molar-refractivity contribution in [2.45, 2.75) is 45.1 Å². The fraction of sp³-hybridized carbons (Fsp3) is 0.478. The van der Waals surface area contributed by atoms with Gasteiger partial charge in [0.15, 0.2) is 0 Å². The second-order valence-electron chi connectivity index (χ2n) is 8.00. The summed E-state index contributed by atoms with van der Waals surface area (Å²) >= 11 is 0. The third-order valence-corrected chi connectivity index (χ3v) is 4.68. The van der Waals surface area contributed by atoms with E-state index in [9.17, 15) is 0 Å². The van der Waals surface area contributed by atoms with Gasteiger partial charge in [-0.1, -0.05) is 45.0 Å². The quantitative estimate of drug-likeness (QED) is 0.662. The molecule has 0 aliphatic carbocycles. The Balaban J connectivity index is 1.46. The largest absolute Gasteiger partial charge is 0.491 e. The van der Waals surface area contributed by atoms with E-state index in [4.69, 9.17) is 14.2 Å². The standard InChI is InChI=1S/C23H31NO3/c1-23(2,3)21-11-4-5-12-22(21)26-15-13-24-18-8-6-9-19(16-18)27-17-20-10-7-14-25-20/h4-6,8-9,11-12,16,20,24H,7,10,13-15,17H2,1-3H3/t20-/m0/s1. The number of rotatable bonds is 8. The van der Waals surface area contributed by atoms with E-state index in [1.165, 1.54) is 5.56 Å². The minimum Gasteiger partial charge on any atom is -0.491 e. The normalized spacial score (nSPS) is 16.9. The lowest BCUT2D eigenvalue weighted by Crippen LogP contribution is -2.17. The Morgan fingerprint density at radius 1 is 1.07 bits per heavy atom. The van der Waals surface area contributed by atoms with Gasteiger partial charge in [-0.2, -0.15) is 0 Å². The Morgan fingerprint density at radius 3 is 2.70 bits per heavy atom. The summed E-state index contributed by atoms with van der Waals surface area (Å²) in [7, 11) is 0. The van der Waals surface area contributed by atoms with Crippen LogP contribution < -0.4 is 14.8 Å². The molecule has 1 fully saturated rings. The van der Waals surface area contributed by atoms with Crippen LogP contribution in [0.1, 0.15) is 39.2 Å². The maximum absolute atomic E-state index is 6.02. The van der Waals surface area contributed by atoms with Gasteiger partial charge in [0, 0.05) is 24.9 Å². The molecule has 146 valence electrons. The summed E-state index contributed by atoms with van der Waals surface area (Å²) in [6, 6.07) is 16.3. The summed E-state index contributed by atoms with van der Waals surface area (Å²) in [6.07, 6.45) is 2.46. The van der Waals surface area contributed by atoms with E-state index in [0.717, 1.165) is 43.2 Å². The SMILES string of the molecule is CC(C)(C)c1ccccc1OCCNc1cccc(OC[C@@H]2CCCO2)c1. The Kier molecular flexibility index (Phi) is 6.62. The topological polar surface area (TPSA) is 39.7 Å². The maximum Gasteiger partial charge on any atom is 0.123 e. The zero-order valence-corrected chi connectivity index (χ0v) is 16.7. The second-order valence-corrected chi connectivity index (χ2v) is 8.00. The van der Waals surface area contributed by atoms with Gasteiger partial charge >= 0.3 is 0 Å². The predicted octanol–water partition coefficient (Wildman–Crippen LogP) is 5.03.